The molecule has 1 amide bonds. The van der Waals surface area contributed by atoms with E-state index in [0.717, 1.165) is 36.8 Å². The second kappa shape index (κ2) is 6.75. The van der Waals surface area contributed by atoms with E-state index in [4.69, 9.17) is 4.74 Å². The lowest BCUT2D eigenvalue weighted by molar-refractivity contribution is 0.0510. The van der Waals surface area contributed by atoms with E-state index in [2.05, 4.69) is 11.2 Å². The smallest absolute Gasteiger partial charge is 0.410 e. The second-order valence-electron chi connectivity index (χ2n) is 6.90. The van der Waals surface area contributed by atoms with Crippen molar-refractivity contribution in [2.24, 2.45) is 7.05 Å². The van der Waals surface area contributed by atoms with Crippen LogP contribution >= 0.6 is 0 Å². The van der Waals surface area contributed by atoms with Gasteiger partial charge in [-0.3, -0.25) is 9.58 Å². The summed E-state index contributed by atoms with van der Waals surface area (Å²) in [5.41, 5.74) is 3.48. The van der Waals surface area contributed by atoms with Crippen LogP contribution in [0, 0.1) is 0 Å². The number of rotatable bonds is 3. The Labute approximate surface area is 147 Å². The van der Waals surface area contributed by atoms with E-state index in [1.165, 1.54) is 5.57 Å². The molecule has 0 saturated carbocycles. The molecule has 1 saturated heterocycles. The Hall–Kier alpha value is -2.56. The van der Waals surface area contributed by atoms with Gasteiger partial charge in [0.2, 0.25) is 0 Å². The van der Waals surface area contributed by atoms with Gasteiger partial charge in [0.05, 0.1) is 12.2 Å². The minimum Gasteiger partial charge on any atom is -0.445 e. The molecular formula is C20H23N3O2. The number of ether oxygens (including phenoxy) is 1. The van der Waals surface area contributed by atoms with Crippen LogP contribution in [-0.2, 0) is 18.4 Å². The summed E-state index contributed by atoms with van der Waals surface area (Å²) in [6.07, 6.45) is 10.1. The third-order valence-corrected chi connectivity index (χ3v) is 5.13. The number of piperidine rings is 1. The van der Waals surface area contributed by atoms with E-state index in [1.807, 2.05) is 59.4 Å². The monoisotopic (exact) mass is 337 g/mol. The number of carbonyl (C=O) groups excluding carboxylic acids is 1. The summed E-state index contributed by atoms with van der Waals surface area (Å²) in [6, 6.07) is 10.2. The molecular weight excluding hydrogens is 314 g/mol. The number of hydrogen-bond donors (Lipinski definition) is 0. The van der Waals surface area contributed by atoms with E-state index in [-0.39, 0.29) is 18.2 Å². The maximum atomic E-state index is 12.7. The number of carbonyl (C=O) groups is 1. The maximum absolute atomic E-state index is 12.7. The summed E-state index contributed by atoms with van der Waals surface area (Å²) in [4.78, 5) is 14.6. The molecule has 2 aromatic rings. The molecule has 2 bridgehead atoms. The van der Waals surface area contributed by atoms with E-state index < -0.39 is 0 Å². The van der Waals surface area contributed by atoms with Gasteiger partial charge in [-0.25, -0.2) is 4.79 Å². The number of amides is 1. The lowest BCUT2D eigenvalue weighted by Gasteiger charge is -2.44. The first-order valence-electron chi connectivity index (χ1n) is 8.89. The highest BCUT2D eigenvalue weighted by Gasteiger charge is 2.38. The first-order valence-corrected chi connectivity index (χ1v) is 8.89. The predicted octanol–water partition coefficient (Wildman–Crippen LogP) is 3.77. The third-order valence-electron chi connectivity index (χ3n) is 5.13. The van der Waals surface area contributed by atoms with Gasteiger partial charge in [0.15, 0.2) is 0 Å². The molecule has 0 N–H and O–H groups in total. The number of fused-ring (bicyclic) bond motifs is 2. The van der Waals surface area contributed by atoms with Crippen LogP contribution in [-0.4, -0.2) is 32.9 Å². The van der Waals surface area contributed by atoms with Gasteiger partial charge < -0.3 is 4.74 Å². The Morgan fingerprint density at radius 3 is 2.84 bits per heavy atom. The fraction of sp³-hybridized carbons (Fsp3) is 0.400. The van der Waals surface area contributed by atoms with Crippen LogP contribution in [0.5, 0.6) is 0 Å². The van der Waals surface area contributed by atoms with Crippen molar-refractivity contribution in [3.63, 3.8) is 0 Å². The minimum atomic E-state index is -0.194. The van der Waals surface area contributed by atoms with Crippen LogP contribution in [0.2, 0.25) is 0 Å². The zero-order chi connectivity index (χ0) is 17.2. The number of nitrogens with zero attached hydrogens (tertiary/aromatic N) is 3. The van der Waals surface area contributed by atoms with E-state index in [1.54, 1.807) is 0 Å². The quantitative estimate of drug-likeness (QED) is 0.856. The fourth-order valence-corrected chi connectivity index (χ4v) is 3.91. The third kappa shape index (κ3) is 3.31. The average Bonchev–Trinajstić information content (AvgIpc) is 3.06. The molecule has 130 valence electrons. The Morgan fingerprint density at radius 1 is 1.28 bits per heavy atom. The van der Waals surface area contributed by atoms with Crippen molar-refractivity contribution >= 4 is 11.7 Å². The molecule has 4 rings (SSSR count). The first kappa shape index (κ1) is 15.9. The highest BCUT2D eigenvalue weighted by atomic mass is 16.6. The topological polar surface area (TPSA) is 47.4 Å². The van der Waals surface area contributed by atoms with E-state index in [0.29, 0.717) is 6.61 Å². The molecule has 0 spiro atoms. The summed E-state index contributed by atoms with van der Waals surface area (Å²) >= 11 is 0. The Morgan fingerprint density at radius 2 is 2.12 bits per heavy atom. The first-order chi connectivity index (χ1) is 12.2. The number of aryl methyl sites for hydroxylation is 1. The molecule has 1 aromatic carbocycles. The van der Waals surface area contributed by atoms with Gasteiger partial charge in [-0.1, -0.05) is 36.4 Å². The Kier molecular flexibility index (Phi) is 4.30. The summed E-state index contributed by atoms with van der Waals surface area (Å²) in [5.74, 6) is 0. The van der Waals surface area contributed by atoms with Crippen LogP contribution in [0.15, 0.2) is 48.8 Å². The van der Waals surface area contributed by atoms with Crippen molar-refractivity contribution in [2.75, 3.05) is 0 Å². The van der Waals surface area contributed by atoms with Crippen molar-refractivity contribution in [1.82, 2.24) is 14.7 Å². The largest absolute Gasteiger partial charge is 0.445 e. The summed E-state index contributed by atoms with van der Waals surface area (Å²) in [6.45, 7) is 0.328. The fourth-order valence-electron chi connectivity index (χ4n) is 3.91. The molecule has 1 fully saturated rings. The molecule has 1 aromatic heterocycles. The van der Waals surface area contributed by atoms with Gasteiger partial charge in [0.1, 0.15) is 6.61 Å². The summed E-state index contributed by atoms with van der Waals surface area (Å²) in [7, 11) is 1.93. The van der Waals surface area contributed by atoms with Crippen LogP contribution in [0.4, 0.5) is 4.79 Å². The highest BCUT2D eigenvalue weighted by Crippen LogP contribution is 2.37. The number of aromatic nitrogens is 2. The molecule has 5 heteroatoms. The molecule has 3 heterocycles. The van der Waals surface area contributed by atoms with Gasteiger partial charge in [-0.2, -0.15) is 5.10 Å². The lowest BCUT2D eigenvalue weighted by atomic mass is 9.84. The van der Waals surface area contributed by atoms with E-state index in [9.17, 15) is 4.79 Å². The Balaban J connectivity index is 1.49. The van der Waals surface area contributed by atoms with Crippen LogP contribution in [0.25, 0.3) is 5.57 Å². The maximum Gasteiger partial charge on any atom is 0.410 e. The molecule has 0 radical (unpaired) electrons. The molecule has 2 atom stereocenters. The van der Waals surface area contributed by atoms with Gasteiger partial charge in [0, 0.05) is 24.8 Å². The molecule has 5 nitrogen and oxygen atoms in total. The van der Waals surface area contributed by atoms with Gasteiger partial charge in [0.25, 0.3) is 0 Å². The zero-order valence-electron chi connectivity index (χ0n) is 14.5. The number of hydrogen-bond acceptors (Lipinski definition) is 3. The number of benzene rings is 1. The van der Waals surface area contributed by atoms with Crippen molar-refractivity contribution in [1.29, 1.82) is 0 Å². The summed E-state index contributed by atoms with van der Waals surface area (Å²) < 4.78 is 7.42. The second-order valence-corrected chi connectivity index (χ2v) is 6.90. The SMILES string of the molecule is Cn1cc(C2=CC3CCCC(C2)N3C(=O)OCc2ccccc2)cn1. The normalized spacial score (nSPS) is 22.4. The lowest BCUT2D eigenvalue weighted by Crippen LogP contribution is -2.51. The van der Waals surface area contributed by atoms with Crippen molar-refractivity contribution in [3.8, 4) is 0 Å². The highest BCUT2D eigenvalue weighted by molar-refractivity contribution is 5.74. The van der Waals surface area contributed by atoms with Crippen molar-refractivity contribution < 1.29 is 9.53 Å². The molecule has 2 unspecified atom stereocenters. The van der Waals surface area contributed by atoms with Crippen LogP contribution in [0.1, 0.15) is 36.8 Å². The van der Waals surface area contributed by atoms with Crippen LogP contribution in [0.3, 0.4) is 0 Å². The molecule has 2 aliphatic heterocycles. The standard InChI is InChI=1S/C20H23N3O2/c1-22-13-17(12-21-22)16-10-18-8-5-9-19(11-16)23(18)20(24)25-14-15-6-3-2-4-7-15/h2-4,6-7,10,12-13,18-19H,5,8-9,11,14H2,1H3. The van der Waals surface area contributed by atoms with Crippen LogP contribution < -0.4 is 0 Å². The van der Waals surface area contributed by atoms with Crippen molar-refractivity contribution in [3.05, 3.63) is 59.9 Å². The zero-order valence-corrected chi connectivity index (χ0v) is 14.5. The van der Waals surface area contributed by atoms with Gasteiger partial charge in [-0.05, 0) is 36.8 Å². The molecule has 2 aliphatic rings. The minimum absolute atomic E-state index is 0.131. The molecule has 0 aliphatic carbocycles. The van der Waals surface area contributed by atoms with E-state index >= 15 is 0 Å². The van der Waals surface area contributed by atoms with Gasteiger partial charge in [-0.15, -0.1) is 0 Å². The van der Waals surface area contributed by atoms with Gasteiger partial charge >= 0.3 is 6.09 Å². The molecule has 25 heavy (non-hydrogen) atoms. The summed E-state index contributed by atoms with van der Waals surface area (Å²) in [5, 5.41) is 4.27. The van der Waals surface area contributed by atoms with Crippen molar-refractivity contribution in [2.45, 2.75) is 44.4 Å². The predicted molar refractivity (Wildman–Crippen MR) is 95.7 cm³/mol. The average molecular weight is 337 g/mol. The Bertz CT molecular complexity index is 781.